The fourth-order valence-electron chi connectivity index (χ4n) is 2.61. The maximum absolute atomic E-state index is 10.9. The van der Waals surface area contributed by atoms with Gasteiger partial charge in [-0.25, -0.2) is 0 Å². The van der Waals surface area contributed by atoms with Crippen LogP contribution in [0.1, 0.15) is 12.8 Å². The Labute approximate surface area is 123 Å². The number of nitro groups is 1. The maximum Gasteiger partial charge on any atom is 0.311 e. The summed E-state index contributed by atoms with van der Waals surface area (Å²) in [4.78, 5) is 12.6. The number of methoxy groups -OCH3 is 3. The molecule has 0 saturated carbocycles. The van der Waals surface area contributed by atoms with E-state index in [0.29, 0.717) is 0 Å². The minimum absolute atomic E-state index is 0.0265. The second-order valence-corrected chi connectivity index (χ2v) is 4.92. The van der Waals surface area contributed by atoms with Gasteiger partial charge in [0, 0.05) is 58.0 Å². The van der Waals surface area contributed by atoms with Crippen molar-refractivity contribution in [3.8, 4) is 5.75 Å². The van der Waals surface area contributed by atoms with Gasteiger partial charge in [0.05, 0.1) is 12.0 Å². The first-order chi connectivity index (χ1) is 10.0. The van der Waals surface area contributed by atoms with E-state index in [-0.39, 0.29) is 11.4 Å². The van der Waals surface area contributed by atoms with Gasteiger partial charge in [0.25, 0.3) is 0 Å². The lowest BCUT2D eigenvalue weighted by Crippen LogP contribution is -2.46. The molecule has 1 heterocycles. The van der Waals surface area contributed by atoms with Crippen LogP contribution in [0.3, 0.4) is 0 Å². The highest BCUT2D eigenvalue weighted by molar-refractivity contribution is 5.59. The molecule has 0 bridgehead atoms. The van der Waals surface area contributed by atoms with Gasteiger partial charge in [-0.3, -0.25) is 10.1 Å². The van der Waals surface area contributed by atoms with Crippen LogP contribution in [0.25, 0.3) is 0 Å². The van der Waals surface area contributed by atoms with Gasteiger partial charge in [0.2, 0.25) is 0 Å². The molecule has 1 fully saturated rings. The quantitative estimate of drug-likeness (QED) is 0.471. The van der Waals surface area contributed by atoms with Crippen molar-refractivity contribution in [2.75, 3.05) is 39.3 Å². The summed E-state index contributed by atoms with van der Waals surface area (Å²) in [6, 6.07) is 4.92. The minimum Gasteiger partial charge on any atom is -0.490 e. The molecule has 2 rings (SSSR count). The highest BCUT2D eigenvalue weighted by Crippen LogP contribution is 2.34. The van der Waals surface area contributed by atoms with Crippen molar-refractivity contribution in [3.05, 3.63) is 28.3 Å². The van der Waals surface area contributed by atoms with Crippen LogP contribution >= 0.6 is 0 Å². The van der Waals surface area contributed by atoms with Crippen molar-refractivity contribution in [1.82, 2.24) is 0 Å². The van der Waals surface area contributed by atoms with Gasteiger partial charge >= 0.3 is 5.69 Å². The SMILES string of the molecule is COc1cc(N2CCC(OC)(OC)CC2)ccc1[N+](=O)[O-]. The first-order valence-electron chi connectivity index (χ1n) is 6.73. The van der Waals surface area contributed by atoms with E-state index in [1.54, 1.807) is 26.4 Å². The summed E-state index contributed by atoms with van der Waals surface area (Å²) < 4.78 is 16.0. The van der Waals surface area contributed by atoms with Crippen molar-refractivity contribution in [1.29, 1.82) is 0 Å². The molecule has 7 heteroatoms. The van der Waals surface area contributed by atoms with Crippen LogP contribution in [-0.2, 0) is 9.47 Å². The van der Waals surface area contributed by atoms with Gasteiger partial charge in [-0.05, 0) is 6.07 Å². The number of anilines is 1. The first kappa shape index (κ1) is 15.5. The number of hydrogen-bond donors (Lipinski definition) is 0. The van der Waals surface area contributed by atoms with Gasteiger partial charge in [0.1, 0.15) is 0 Å². The number of benzene rings is 1. The van der Waals surface area contributed by atoms with E-state index in [2.05, 4.69) is 4.90 Å². The molecule has 0 unspecified atom stereocenters. The summed E-state index contributed by atoms with van der Waals surface area (Å²) >= 11 is 0. The van der Waals surface area contributed by atoms with Crippen LogP contribution in [0.5, 0.6) is 5.75 Å². The summed E-state index contributed by atoms with van der Waals surface area (Å²) in [6.07, 6.45) is 1.47. The average Bonchev–Trinajstić information content (AvgIpc) is 2.54. The molecule has 1 aliphatic rings. The van der Waals surface area contributed by atoms with Crippen LogP contribution < -0.4 is 9.64 Å². The number of piperidine rings is 1. The van der Waals surface area contributed by atoms with E-state index in [1.165, 1.54) is 13.2 Å². The molecule has 116 valence electrons. The molecule has 0 spiro atoms. The van der Waals surface area contributed by atoms with Crippen molar-refractivity contribution >= 4 is 11.4 Å². The van der Waals surface area contributed by atoms with Crippen LogP contribution in [-0.4, -0.2) is 45.1 Å². The van der Waals surface area contributed by atoms with Crippen molar-refractivity contribution in [2.45, 2.75) is 18.6 Å². The van der Waals surface area contributed by atoms with Gasteiger partial charge in [-0.1, -0.05) is 0 Å². The Bertz CT molecular complexity index is 506. The highest BCUT2D eigenvalue weighted by Gasteiger charge is 2.34. The molecule has 0 aliphatic carbocycles. The molecule has 7 nitrogen and oxygen atoms in total. The van der Waals surface area contributed by atoms with E-state index in [9.17, 15) is 10.1 Å². The predicted octanol–water partition coefficient (Wildman–Crippen LogP) is 2.19. The maximum atomic E-state index is 10.9. The second-order valence-electron chi connectivity index (χ2n) is 4.92. The van der Waals surface area contributed by atoms with Gasteiger partial charge in [0.15, 0.2) is 11.5 Å². The third-order valence-corrected chi connectivity index (χ3v) is 3.99. The molecular weight excluding hydrogens is 276 g/mol. The Morgan fingerprint density at radius 3 is 2.29 bits per heavy atom. The van der Waals surface area contributed by atoms with E-state index < -0.39 is 10.7 Å². The number of nitro benzene ring substituents is 1. The average molecular weight is 296 g/mol. The zero-order valence-corrected chi connectivity index (χ0v) is 12.5. The first-order valence-corrected chi connectivity index (χ1v) is 6.73. The smallest absolute Gasteiger partial charge is 0.311 e. The summed E-state index contributed by atoms with van der Waals surface area (Å²) in [5.74, 6) is -0.255. The van der Waals surface area contributed by atoms with Gasteiger partial charge in [-0.15, -0.1) is 0 Å². The molecule has 0 radical (unpaired) electrons. The molecule has 0 atom stereocenters. The summed E-state index contributed by atoms with van der Waals surface area (Å²) in [5.41, 5.74) is 0.875. The number of rotatable bonds is 5. The molecule has 0 aromatic heterocycles. The fraction of sp³-hybridized carbons (Fsp3) is 0.571. The summed E-state index contributed by atoms with van der Waals surface area (Å²) in [6.45, 7) is 1.51. The van der Waals surface area contributed by atoms with Crippen LogP contribution in [0.4, 0.5) is 11.4 Å². The van der Waals surface area contributed by atoms with Crippen molar-refractivity contribution in [2.24, 2.45) is 0 Å². The van der Waals surface area contributed by atoms with Crippen LogP contribution in [0.15, 0.2) is 18.2 Å². The molecule has 1 aliphatic heterocycles. The lowest BCUT2D eigenvalue weighted by atomic mass is 10.0. The lowest BCUT2D eigenvalue weighted by Gasteiger charge is -2.40. The molecular formula is C14H20N2O5. The molecule has 1 saturated heterocycles. The second kappa shape index (κ2) is 6.28. The highest BCUT2D eigenvalue weighted by atomic mass is 16.7. The third kappa shape index (κ3) is 3.08. The normalized spacial score (nSPS) is 17.6. The molecule has 1 aromatic rings. The monoisotopic (exact) mass is 296 g/mol. The van der Waals surface area contributed by atoms with Crippen molar-refractivity contribution in [3.63, 3.8) is 0 Å². The van der Waals surface area contributed by atoms with E-state index in [1.807, 2.05) is 0 Å². The number of hydrogen-bond acceptors (Lipinski definition) is 6. The zero-order chi connectivity index (χ0) is 15.5. The molecule has 0 N–H and O–H groups in total. The molecule has 21 heavy (non-hydrogen) atoms. The zero-order valence-electron chi connectivity index (χ0n) is 12.5. The topological polar surface area (TPSA) is 74.1 Å². The number of nitrogens with zero attached hydrogens (tertiary/aromatic N) is 2. The Hall–Kier alpha value is -1.86. The Kier molecular flexibility index (Phi) is 4.64. The Morgan fingerprint density at radius 1 is 1.19 bits per heavy atom. The fourth-order valence-corrected chi connectivity index (χ4v) is 2.61. The van der Waals surface area contributed by atoms with Crippen LogP contribution in [0.2, 0.25) is 0 Å². The minimum atomic E-state index is -0.526. The standard InChI is InChI=1S/C14H20N2O5/c1-19-13-10-11(4-5-12(13)16(17)18)15-8-6-14(20-2,21-3)7-9-15/h4-5,10H,6-9H2,1-3H3. The largest absolute Gasteiger partial charge is 0.490 e. The van der Waals surface area contributed by atoms with Gasteiger partial charge < -0.3 is 19.1 Å². The third-order valence-electron chi connectivity index (χ3n) is 3.99. The predicted molar refractivity (Wildman–Crippen MR) is 77.8 cm³/mol. The lowest BCUT2D eigenvalue weighted by molar-refractivity contribution is -0.385. The molecule has 1 aromatic carbocycles. The van der Waals surface area contributed by atoms with Crippen molar-refractivity contribution < 1.29 is 19.1 Å². The van der Waals surface area contributed by atoms with Gasteiger partial charge in [-0.2, -0.15) is 0 Å². The van der Waals surface area contributed by atoms with E-state index in [4.69, 9.17) is 14.2 Å². The van der Waals surface area contributed by atoms with E-state index >= 15 is 0 Å². The van der Waals surface area contributed by atoms with E-state index in [0.717, 1.165) is 31.6 Å². The van der Waals surface area contributed by atoms with Crippen LogP contribution in [0, 0.1) is 10.1 Å². The Balaban J connectivity index is 2.15. The molecule has 0 amide bonds. The number of ether oxygens (including phenoxy) is 3. The Morgan fingerprint density at radius 2 is 1.81 bits per heavy atom. The summed E-state index contributed by atoms with van der Waals surface area (Å²) in [5, 5.41) is 10.9. The summed E-state index contributed by atoms with van der Waals surface area (Å²) in [7, 11) is 4.73.